The second-order valence-corrected chi connectivity index (χ2v) is 6.82. The molecule has 2 aromatic carbocycles. The van der Waals surface area contributed by atoms with Crippen molar-refractivity contribution in [2.75, 3.05) is 18.5 Å². The third-order valence-corrected chi connectivity index (χ3v) is 4.60. The molecule has 3 aromatic rings. The van der Waals surface area contributed by atoms with E-state index in [9.17, 15) is 4.79 Å². The van der Waals surface area contributed by atoms with Gasteiger partial charge in [-0.3, -0.25) is 4.79 Å². The van der Waals surface area contributed by atoms with Crippen LogP contribution in [0.1, 0.15) is 42.1 Å². The van der Waals surface area contributed by atoms with Crippen LogP contribution in [-0.2, 0) is 0 Å². The smallest absolute Gasteiger partial charge is 0.255 e. The minimum atomic E-state index is -0.520. The van der Waals surface area contributed by atoms with Crippen molar-refractivity contribution in [3.05, 3.63) is 66.0 Å². The Kier molecular flexibility index (Phi) is 6.41. The van der Waals surface area contributed by atoms with Crippen molar-refractivity contribution in [3.63, 3.8) is 0 Å². The number of hydrogen-bond acceptors (Lipinski definition) is 7. The monoisotopic (exact) mass is 421 g/mol. The Morgan fingerprint density at radius 3 is 2.90 bits per heavy atom. The van der Waals surface area contributed by atoms with Gasteiger partial charge < -0.3 is 19.5 Å². The largest absolute Gasteiger partial charge is 0.493 e. The molecule has 1 aliphatic heterocycles. The molecule has 9 nitrogen and oxygen atoms in total. The molecule has 0 saturated heterocycles. The predicted octanol–water partition coefficient (Wildman–Crippen LogP) is 3.70. The molecule has 9 heteroatoms. The lowest BCUT2D eigenvalue weighted by molar-refractivity contribution is 0.0856. The maximum Gasteiger partial charge on any atom is 0.255 e. The zero-order valence-corrected chi connectivity index (χ0v) is 17.1. The van der Waals surface area contributed by atoms with Crippen molar-refractivity contribution in [2.24, 2.45) is 0 Å². The number of fused-ring (bicyclic) bond motifs is 1. The number of carbonyl (C=O) groups is 1. The molecule has 0 spiro atoms. The highest BCUT2D eigenvalue weighted by Crippen LogP contribution is 2.41. The molecule has 1 aliphatic rings. The van der Waals surface area contributed by atoms with Crippen molar-refractivity contribution in [1.29, 1.82) is 0 Å². The lowest BCUT2D eigenvalue weighted by Gasteiger charge is -2.26. The molecule has 0 bridgehead atoms. The van der Waals surface area contributed by atoms with E-state index >= 15 is 0 Å². The summed E-state index contributed by atoms with van der Waals surface area (Å²) in [6, 6.07) is 12.3. The van der Waals surface area contributed by atoms with Gasteiger partial charge in [0.25, 0.3) is 5.91 Å². The van der Waals surface area contributed by atoms with Gasteiger partial charge in [-0.25, -0.2) is 0 Å². The summed E-state index contributed by atoms with van der Waals surface area (Å²) in [5, 5.41) is 16.7. The minimum Gasteiger partial charge on any atom is -0.493 e. The molecule has 31 heavy (non-hydrogen) atoms. The number of ether oxygens (including phenoxy) is 3. The Morgan fingerprint density at radius 1 is 1.26 bits per heavy atom. The molecule has 1 atom stereocenters. The second kappa shape index (κ2) is 9.75. The molecule has 0 fully saturated rings. The van der Waals surface area contributed by atoms with Gasteiger partial charge in [-0.2, -0.15) is 5.21 Å². The molecular weight excluding hydrogens is 398 g/mol. The quantitative estimate of drug-likeness (QED) is 0.421. The van der Waals surface area contributed by atoms with Crippen molar-refractivity contribution in [1.82, 2.24) is 20.6 Å². The first-order valence-electron chi connectivity index (χ1n) is 10.1. The van der Waals surface area contributed by atoms with Gasteiger partial charge in [0.1, 0.15) is 12.4 Å². The van der Waals surface area contributed by atoms with Crippen LogP contribution in [0.15, 0.2) is 54.6 Å². The van der Waals surface area contributed by atoms with Crippen molar-refractivity contribution in [2.45, 2.75) is 25.9 Å². The third-order valence-electron chi connectivity index (χ3n) is 4.60. The first kappa shape index (κ1) is 20.4. The number of allylic oxidation sites excluding steroid dienone is 1. The van der Waals surface area contributed by atoms with E-state index in [1.54, 1.807) is 42.5 Å². The molecular formula is C22H23N5O4. The fourth-order valence-corrected chi connectivity index (χ4v) is 3.05. The summed E-state index contributed by atoms with van der Waals surface area (Å²) in [4.78, 5) is 12.8. The number of carbonyl (C=O) groups excluding carboxylic acids is 1. The molecule has 1 unspecified atom stereocenters. The zero-order valence-electron chi connectivity index (χ0n) is 17.1. The Labute approximate surface area is 179 Å². The fourth-order valence-electron chi connectivity index (χ4n) is 3.05. The van der Waals surface area contributed by atoms with Gasteiger partial charge >= 0.3 is 0 Å². The van der Waals surface area contributed by atoms with Crippen LogP contribution in [0.3, 0.4) is 0 Å². The predicted molar refractivity (Wildman–Crippen MR) is 113 cm³/mol. The average Bonchev–Trinajstić information content (AvgIpc) is 3.34. The number of amides is 1. The number of rotatable bonds is 8. The Bertz CT molecular complexity index is 1030. The van der Waals surface area contributed by atoms with E-state index in [1.807, 2.05) is 0 Å². The number of aromatic nitrogens is 4. The standard InChI is InChI=1S/C22H23N5O4/c1-2-3-4-5-13-29-16-11-9-15(10-12-16)22(28)23-17-7-6-8-18-20(17)31-19(14-30-18)21-24-26-27-25-21/h3-4,6-12,19H,2,5,13-14H2,1H3,(H,23,28)(H,24,25,26,27)/b4-3-. The van der Waals surface area contributed by atoms with Crippen LogP contribution in [0.4, 0.5) is 5.69 Å². The molecule has 0 aliphatic carbocycles. The van der Waals surface area contributed by atoms with E-state index in [-0.39, 0.29) is 12.5 Å². The number of para-hydroxylation sites is 1. The van der Waals surface area contributed by atoms with Crippen LogP contribution < -0.4 is 19.5 Å². The van der Waals surface area contributed by atoms with E-state index in [0.717, 1.165) is 18.6 Å². The van der Waals surface area contributed by atoms with Crippen molar-refractivity contribution in [3.8, 4) is 17.2 Å². The van der Waals surface area contributed by atoms with Gasteiger partial charge in [-0.15, -0.1) is 10.2 Å². The van der Waals surface area contributed by atoms with Gasteiger partial charge in [0.05, 0.1) is 12.3 Å². The lowest BCUT2D eigenvalue weighted by Crippen LogP contribution is -2.24. The second-order valence-electron chi connectivity index (χ2n) is 6.82. The number of benzene rings is 2. The van der Waals surface area contributed by atoms with Crippen LogP contribution >= 0.6 is 0 Å². The number of hydrogen-bond donors (Lipinski definition) is 2. The number of nitrogens with zero attached hydrogens (tertiary/aromatic N) is 3. The minimum absolute atomic E-state index is 0.250. The first-order chi connectivity index (χ1) is 15.2. The summed E-state index contributed by atoms with van der Waals surface area (Å²) in [6.45, 7) is 2.94. The van der Waals surface area contributed by atoms with Crippen LogP contribution in [0.5, 0.6) is 17.2 Å². The molecule has 1 amide bonds. The summed E-state index contributed by atoms with van der Waals surface area (Å²) in [5.41, 5.74) is 1.00. The van der Waals surface area contributed by atoms with Crippen LogP contribution in [0, 0.1) is 0 Å². The van der Waals surface area contributed by atoms with Gasteiger partial charge in [0.15, 0.2) is 17.6 Å². The highest BCUT2D eigenvalue weighted by molar-refractivity contribution is 6.05. The van der Waals surface area contributed by atoms with Gasteiger partial charge in [-0.1, -0.05) is 30.4 Å². The van der Waals surface area contributed by atoms with E-state index in [0.29, 0.717) is 35.2 Å². The highest BCUT2D eigenvalue weighted by Gasteiger charge is 2.28. The summed E-state index contributed by atoms with van der Waals surface area (Å²) < 4.78 is 17.4. The summed E-state index contributed by atoms with van der Waals surface area (Å²) in [5.74, 6) is 1.80. The molecule has 0 saturated carbocycles. The summed E-state index contributed by atoms with van der Waals surface area (Å²) in [7, 11) is 0. The van der Waals surface area contributed by atoms with Crippen LogP contribution in [-0.4, -0.2) is 39.7 Å². The van der Waals surface area contributed by atoms with E-state index in [1.165, 1.54) is 0 Å². The number of nitrogens with one attached hydrogen (secondary N) is 2. The topological polar surface area (TPSA) is 111 Å². The molecule has 1 aromatic heterocycles. The number of tetrazole rings is 1. The molecule has 0 radical (unpaired) electrons. The number of aromatic amines is 1. The number of anilines is 1. The SMILES string of the molecule is CC/C=C\CCOc1ccc(C(=O)Nc2cccc3c2OC(c2nn[nH]n2)CO3)cc1. The first-order valence-corrected chi connectivity index (χ1v) is 10.1. The Hall–Kier alpha value is -3.88. The van der Waals surface area contributed by atoms with Crippen LogP contribution in [0.25, 0.3) is 0 Å². The zero-order chi connectivity index (χ0) is 21.5. The molecule has 160 valence electrons. The number of H-pyrrole nitrogens is 1. The maximum atomic E-state index is 12.8. The molecule has 2 N–H and O–H groups in total. The third kappa shape index (κ3) is 5.00. The normalized spacial score (nSPS) is 15.1. The van der Waals surface area contributed by atoms with E-state index < -0.39 is 6.10 Å². The van der Waals surface area contributed by atoms with Gasteiger partial charge in [-0.05, 0) is 49.2 Å². The maximum absolute atomic E-state index is 12.8. The van der Waals surface area contributed by atoms with Crippen molar-refractivity contribution < 1.29 is 19.0 Å². The molecule has 4 rings (SSSR count). The van der Waals surface area contributed by atoms with E-state index in [2.05, 4.69) is 45.0 Å². The van der Waals surface area contributed by atoms with Gasteiger partial charge in [0, 0.05) is 5.56 Å². The van der Waals surface area contributed by atoms with Crippen LogP contribution in [0.2, 0.25) is 0 Å². The fraction of sp³-hybridized carbons (Fsp3) is 0.273. The highest BCUT2D eigenvalue weighted by atomic mass is 16.6. The summed E-state index contributed by atoms with van der Waals surface area (Å²) >= 11 is 0. The molecule has 2 heterocycles. The Morgan fingerprint density at radius 2 is 2.13 bits per heavy atom. The lowest BCUT2D eigenvalue weighted by atomic mass is 10.2. The van der Waals surface area contributed by atoms with Gasteiger partial charge in [0.2, 0.25) is 5.82 Å². The Balaban J connectivity index is 1.41. The average molecular weight is 421 g/mol. The van der Waals surface area contributed by atoms with Crippen molar-refractivity contribution >= 4 is 11.6 Å². The summed E-state index contributed by atoms with van der Waals surface area (Å²) in [6.07, 6.45) is 5.55. The van der Waals surface area contributed by atoms with E-state index in [4.69, 9.17) is 14.2 Å².